The fourth-order valence-electron chi connectivity index (χ4n) is 0.743. The van der Waals surface area contributed by atoms with E-state index in [4.69, 9.17) is 12.2 Å². The summed E-state index contributed by atoms with van der Waals surface area (Å²) in [5, 5.41) is -0.127. The number of aromatic amines is 1. The number of carbonyl (C=O) groups excluding carboxylic acids is 1. The Hall–Kier alpha value is -0.130. The van der Waals surface area contributed by atoms with Crippen LogP contribution in [0.1, 0.15) is 10.6 Å². The number of aromatic nitrogens is 1. The maximum atomic E-state index is 10.6. The van der Waals surface area contributed by atoms with Crippen LogP contribution in [0.2, 0.25) is 0 Å². The second kappa shape index (κ2) is 3.51. The molecule has 0 saturated carbocycles. The Balaban J connectivity index is 2.94. The van der Waals surface area contributed by atoms with Crippen LogP contribution in [0.3, 0.4) is 0 Å². The Bertz CT molecular complexity index is 325. The lowest BCUT2D eigenvalue weighted by Crippen LogP contribution is -1.92. The molecule has 5 heteroatoms. The average molecular weight is 205 g/mol. The van der Waals surface area contributed by atoms with Crippen LogP contribution in [0, 0.1) is 10.9 Å². The molecular formula is C6H7NOS3. The molecule has 0 aliphatic rings. The summed E-state index contributed by atoms with van der Waals surface area (Å²) in [7, 11) is 0. The number of rotatable bonds is 2. The van der Waals surface area contributed by atoms with Crippen LogP contribution >= 0.6 is 36.2 Å². The second-order valence-corrected chi connectivity index (χ2v) is 4.40. The van der Waals surface area contributed by atoms with Gasteiger partial charge in [0, 0.05) is 10.6 Å². The molecule has 0 radical (unpaired) electrons. The van der Waals surface area contributed by atoms with Crippen molar-refractivity contribution in [3.05, 3.63) is 14.5 Å². The molecule has 1 heterocycles. The Labute approximate surface area is 79.1 Å². The number of hydrogen-bond acceptors (Lipinski definition) is 3. The van der Waals surface area contributed by atoms with Crippen molar-refractivity contribution in [3.63, 3.8) is 0 Å². The molecule has 0 aliphatic heterocycles. The van der Waals surface area contributed by atoms with Crippen LogP contribution < -0.4 is 0 Å². The van der Waals surface area contributed by atoms with Gasteiger partial charge in [0.2, 0.25) is 0 Å². The first-order valence-corrected chi connectivity index (χ1v) is 4.67. The summed E-state index contributed by atoms with van der Waals surface area (Å²) in [4.78, 5) is 14.5. The lowest BCUT2D eigenvalue weighted by molar-refractivity contribution is -0.110. The zero-order valence-electron chi connectivity index (χ0n) is 5.88. The highest BCUT2D eigenvalue weighted by atomic mass is 32.1. The minimum absolute atomic E-state index is 0.127. The molecule has 0 aromatic carbocycles. The summed E-state index contributed by atoms with van der Waals surface area (Å²) in [6, 6.07) is 0. The molecule has 11 heavy (non-hydrogen) atoms. The van der Waals surface area contributed by atoms with Crippen LogP contribution in [0.25, 0.3) is 0 Å². The largest absolute Gasteiger partial charge is 0.341 e. The maximum absolute atomic E-state index is 10.6. The summed E-state index contributed by atoms with van der Waals surface area (Å²) in [5.41, 5.74) is 0.974. The fourth-order valence-corrected chi connectivity index (χ4v) is 2.30. The second-order valence-electron chi connectivity index (χ2n) is 2.13. The van der Waals surface area contributed by atoms with E-state index in [0.29, 0.717) is 10.4 Å². The van der Waals surface area contributed by atoms with E-state index in [1.807, 2.05) is 6.92 Å². The van der Waals surface area contributed by atoms with E-state index in [1.54, 1.807) is 0 Å². The summed E-state index contributed by atoms with van der Waals surface area (Å²) in [6.07, 6.45) is 0.368. The Morgan fingerprint density at radius 3 is 2.82 bits per heavy atom. The smallest absolute Gasteiger partial charge is 0.191 e. The number of nitrogens with one attached hydrogen (secondary N) is 1. The standard InChI is InChI=1S/C6H7NOS3/c1-3-4(2-5(8)9)11-6(10)7-3/h2H2,1H3,(H,7,10)(H,8,9). The first-order chi connectivity index (χ1) is 5.09. The molecule has 0 aliphatic carbocycles. The normalized spacial score (nSPS) is 10.0. The number of aryl methyl sites for hydroxylation is 1. The molecule has 2 nitrogen and oxygen atoms in total. The summed E-state index contributed by atoms with van der Waals surface area (Å²) in [5.74, 6) is 0. The quantitative estimate of drug-likeness (QED) is 0.572. The summed E-state index contributed by atoms with van der Waals surface area (Å²) < 4.78 is 0.715. The van der Waals surface area contributed by atoms with E-state index in [9.17, 15) is 4.79 Å². The molecule has 0 amide bonds. The molecule has 0 unspecified atom stereocenters. The van der Waals surface area contributed by atoms with Crippen LogP contribution in [0.15, 0.2) is 0 Å². The fraction of sp³-hybridized carbons (Fsp3) is 0.333. The summed E-state index contributed by atoms with van der Waals surface area (Å²) in [6.45, 7) is 1.90. The third-order valence-corrected chi connectivity index (χ3v) is 2.73. The van der Waals surface area contributed by atoms with Crippen molar-refractivity contribution < 1.29 is 4.79 Å². The van der Waals surface area contributed by atoms with Gasteiger partial charge in [-0.1, -0.05) is 0 Å². The number of H-pyrrole nitrogens is 1. The van der Waals surface area contributed by atoms with Crippen molar-refractivity contribution in [2.45, 2.75) is 13.3 Å². The van der Waals surface area contributed by atoms with Crippen molar-refractivity contribution in [1.82, 2.24) is 4.98 Å². The monoisotopic (exact) mass is 205 g/mol. The van der Waals surface area contributed by atoms with Crippen molar-refractivity contribution in [3.8, 4) is 0 Å². The van der Waals surface area contributed by atoms with E-state index in [-0.39, 0.29) is 5.12 Å². The van der Waals surface area contributed by atoms with Crippen LogP contribution in [0.4, 0.5) is 0 Å². The average Bonchev–Trinajstić information content (AvgIpc) is 2.09. The van der Waals surface area contributed by atoms with E-state index < -0.39 is 0 Å². The van der Waals surface area contributed by atoms with Gasteiger partial charge in [-0.15, -0.1) is 24.0 Å². The topological polar surface area (TPSA) is 32.9 Å². The Morgan fingerprint density at radius 2 is 2.45 bits per heavy atom. The van der Waals surface area contributed by atoms with Gasteiger partial charge < -0.3 is 4.98 Å². The number of thiol groups is 1. The van der Waals surface area contributed by atoms with Crippen LogP contribution in [-0.2, 0) is 11.2 Å². The molecule has 1 rings (SSSR count). The van der Waals surface area contributed by atoms with Gasteiger partial charge in [0.25, 0.3) is 0 Å². The molecule has 1 aromatic heterocycles. The van der Waals surface area contributed by atoms with Gasteiger partial charge in [0.15, 0.2) is 9.07 Å². The molecule has 60 valence electrons. The third-order valence-electron chi connectivity index (χ3n) is 1.24. The van der Waals surface area contributed by atoms with Crippen LogP contribution in [0.5, 0.6) is 0 Å². The number of thiazole rings is 1. The minimum atomic E-state index is -0.127. The van der Waals surface area contributed by atoms with Gasteiger partial charge in [-0.2, -0.15) is 0 Å². The van der Waals surface area contributed by atoms with Crippen LogP contribution in [-0.4, -0.2) is 10.1 Å². The van der Waals surface area contributed by atoms with Gasteiger partial charge in [-0.05, 0) is 19.1 Å². The molecular weight excluding hydrogens is 198 g/mol. The van der Waals surface area contributed by atoms with Crippen molar-refractivity contribution in [2.24, 2.45) is 0 Å². The first kappa shape index (κ1) is 8.96. The minimum Gasteiger partial charge on any atom is -0.341 e. The lowest BCUT2D eigenvalue weighted by atomic mass is 10.3. The number of hydrogen-bond donors (Lipinski definition) is 2. The zero-order valence-corrected chi connectivity index (χ0v) is 8.41. The lowest BCUT2D eigenvalue weighted by Gasteiger charge is -1.90. The highest BCUT2D eigenvalue weighted by Gasteiger charge is 2.04. The third kappa shape index (κ3) is 2.43. The molecule has 1 aromatic rings. The first-order valence-electron chi connectivity index (χ1n) is 3.00. The SMILES string of the molecule is Cc1[nH]c(=S)sc1CC(=O)S. The zero-order chi connectivity index (χ0) is 8.43. The van der Waals surface area contributed by atoms with E-state index in [0.717, 1.165) is 10.6 Å². The van der Waals surface area contributed by atoms with Crippen molar-refractivity contribution in [2.75, 3.05) is 0 Å². The molecule has 0 spiro atoms. The van der Waals surface area contributed by atoms with Gasteiger partial charge in [0.1, 0.15) is 0 Å². The molecule has 0 bridgehead atoms. The molecule has 0 atom stereocenters. The van der Waals surface area contributed by atoms with E-state index >= 15 is 0 Å². The van der Waals surface area contributed by atoms with Gasteiger partial charge >= 0.3 is 0 Å². The van der Waals surface area contributed by atoms with E-state index in [2.05, 4.69) is 17.6 Å². The van der Waals surface area contributed by atoms with Gasteiger partial charge in [-0.25, -0.2) is 0 Å². The highest BCUT2D eigenvalue weighted by Crippen LogP contribution is 2.15. The molecule has 0 saturated heterocycles. The van der Waals surface area contributed by atoms with E-state index in [1.165, 1.54) is 11.3 Å². The summed E-state index contributed by atoms with van der Waals surface area (Å²) >= 11 is 10.0. The maximum Gasteiger partial charge on any atom is 0.191 e. The highest BCUT2D eigenvalue weighted by molar-refractivity contribution is 7.96. The molecule has 1 N–H and O–H groups in total. The number of carbonyl (C=O) groups is 1. The predicted molar refractivity (Wildman–Crippen MR) is 51.9 cm³/mol. The molecule has 0 fully saturated rings. The van der Waals surface area contributed by atoms with Crippen molar-refractivity contribution >= 4 is 41.3 Å². The Kier molecular flexibility index (Phi) is 2.86. The Morgan fingerprint density at radius 1 is 1.82 bits per heavy atom. The van der Waals surface area contributed by atoms with Gasteiger partial charge in [-0.3, -0.25) is 4.79 Å². The van der Waals surface area contributed by atoms with Gasteiger partial charge in [0.05, 0.1) is 6.42 Å². The van der Waals surface area contributed by atoms with Crippen molar-refractivity contribution in [1.29, 1.82) is 0 Å². The predicted octanol–water partition coefficient (Wildman–Crippen LogP) is 2.11.